The molecule has 0 fully saturated rings. The lowest BCUT2D eigenvalue weighted by Crippen LogP contribution is -2.19. The molecule has 0 saturated carbocycles. The van der Waals surface area contributed by atoms with Gasteiger partial charge in [-0.1, -0.05) is 12.1 Å². The SMILES string of the molecule is O=[N+]([O-])c1cccc(CNCCn2ccnc2)c1F. The minimum atomic E-state index is -0.775. The molecule has 0 bridgehead atoms. The maximum atomic E-state index is 13.7. The molecule has 0 amide bonds. The van der Waals surface area contributed by atoms with Gasteiger partial charge in [0.2, 0.25) is 5.82 Å². The molecule has 0 aliphatic heterocycles. The van der Waals surface area contributed by atoms with E-state index >= 15 is 0 Å². The minimum absolute atomic E-state index is 0.252. The van der Waals surface area contributed by atoms with Crippen molar-refractivity contribution < 1.29 is 9.31 Å². The fraction of sp³-hybridized carbons (Fsp3) is 0.250. The quantitative estimate of drug-likeness (QED) is 0.490. The van der Waals surface area contributed by atoms with Crippen molar-refractivity contribution in [3.05, 3.63) is 58.4 Å². The third-order valence-corrected chi connectivity index (χ3v) is 2.68. The molecule has 0 radical (unpaired) electrons. The predicted octanol–water partition coefficient (Wildman–Crippen LogP) is 1.72. The summed E-state index contributed by atoms with van der Waals surface area (Å²) in [5, 5.41) is 13.6. The molecule has 19 heavy (non-hydrogen) atoms. The van der Waals surface area contributed by atoms with Crippen LogP contribution in [0.4, 0.5) is 10.1 Å². The summed E-state index contributed by atoms with van der Waals surface area (Å²) in [6, 6.07) is 4.17. The molecule has 0 atom stereocenters. The molecule has 2 rings (SSSR count). The van der Waals surface area contributed by atoms with E-state index in [0.717, 1.165) is 6.07 Å². The Kier molecular flexibility index (Phi) is 4.19. The van der Waals surface area contributed by atoms with Crippen LogP contribution < -0.4 is 5.32 Å². The number of hydrogen-bond acceptors (Lipinski definition) is 4. The molecule has 100 valence electrons. The molecule has 0 aliphatic carbocycles. The van der Waals surface area contributed by atoms with Gasteiger partial charge in [0.1, 0.15) is 0 Å². The first kappa shape index (κ1) is 13.2. The lowest BCUT2D eigenvalue weighted by molar-refractivity contribution is -0.387. The molecule has 0 spiro atoms. The van der Waals surface area contributed by atoms with Crippen molar-refractivity contribution in [2.45, 2.75) is 13.1 Å². The summed E-state index contributed by atoms with van der Waals surface area (Å²) in [4.78, 5) is 13.8. The Balaban J connectivity index is 1.89. The zero-order valence-electron chi connectivity index (χ0n) is 10.1. The van der Waals surface area contributed by atoms with E-state index in [1.807, 2.05) is 10.8 Å². The molecular weight excluding hydrogens is 251 g/mol. The Morgan fingerprint density at radius 1 is 1.47 bits per heavy atom. The summed E-state index contributed by atoms with van der Waals surface area (Å²) in [7, 11) is 0. The second kappa shape index (κ2) is 6.05. The number of imidazole rings is 1. The van der Waals surface area contributed by atoms with Gasteiger partial charge in [-0.25, -0.2) is 4.98 Å². The van der Waals surface area contributed by atoms with E-state index in [9.17, 15) is 14.5 Å². The molecule has 1 aromatic carbocycles. The van der Waals surface area contributed by atoms with E-state index in [1.54, 1.807) is 12.5 Å². The number of nitro groups is 1. The topological polar surface area (TPSA) is 73.0 Å². The summed E-state index contributed by atoms with van der Waals surface area (Å²) < 4.78 is 15.6. The van der Waals surface area contributed by atoms with Gasteiger partial charge in [0.15, 0.2) is 0 Å². The molecular formula is C12H13FN4O2. The van der Waals surface area contributed by atoms with Crippen LogP contribution in [0.5, 0.6) is 0 Å². The summed E-state index contributed by atoms with van der Waals surface area (Å²) in [6.45, 7) is 1.58. The number of nitro benzene ring substituents is 1. The molecule has 0 unspecified atom stereocenters. The Bertz CT molecular complexity index is 557. The van der Waals surface area contributed by atoms with E-state index in [0.29, 0.717) is 18.7 Å². The zero-order valence-corrected chi connectivity index (χ0v) is 10.1. The molecule has 0 saturated heterocycles. The van der Waals surface area contributed by atoms with Gasteiger partial charge >= 0.3 is 5.69 Å². The van der Waals surface area contributed by atoms with Gasteiger partial charge in [0, 0.05) is 43.7 Å². The average molecular weight is 264 g/mol. The van der Waals surface area contributed by atoms with Crippen LogP contribution in [-0.4, -0.2) is 21.0 Å². The smallest absolute Gasteiger partial charge is 0.305 e. The van der Waals surface area contributed by atoms with Crippen LogP contribution in [-0.2, 0) is 13.1 Å². The second-order valence-electron chi connectivity index (χ2n) is 3.98. The Labute approximate surface area is 109 Å². The van der Waals surface area contributed by atoms with Crippen molar-refractivity contribution in [2.75, 3.05) is 6.54 Å². The molecule has 1 aromatic heterocycles. The third-order valence-electron chi connectivity index (χ3n) is 2.68. The fourth-order valence-electron chi connectivity index (χ4n) is 1.69. The fourth-order valence-corrected chi connectivity index (χ4v) is 1.69. The zero-order chi connectivity index (χ0) is 13.7. The van der Waals surface area contributed by atoms with Crippen LogP contribution >= 0.6 is 0 Å². The van der Waals surface area contributed by atoms with Crippen LogP contribution in [0.1, 0.15) is 5.56 Å². The Morgan fingerprint density at radius 2 is 2.32 bits per heavy atom. The third kappa shape index (κ3) is 3.35. The average Bonchev–Trinajstić information content (AvgIpc) is 2.89. The first-order valence-electron chi connectivity index (χ1n) is 5.76. The Morgan fingerprint density at radius 3 is 3.00 bits per heavy atom. The monoisotopic (exact) mass is 264 g/mol. The van der Waals surface area contributed by atoms with Gasteiger partial charge < -0.3 is 9.88 Å². The van der Waals surface area contributed by atoms with Gasteiger partial charge in [-0.3, -0.25) is 10.1 Å². The normalized spacial score (nSPS) is 10.6. The van der Waals surface area contributed by atoms with Crippen LogP contribution in [0.2, 0.25) is 0 Å². The van der Waals surface area contributed by atoms with Crippen molar-refractivity contribution in [3.8, 4) is 0 Å². The number of nitrogens with one attached hydrogen (secondary N) is 1. The minimum Gasteiger partial charge on any atom is -0.336 e. The number of benzene rings is 1. The maximum Gasteiger partial charge on any atom is 0.305 e. The highest BCUT2D eigenvalue weighted by Crippen LogP contribution is 2.19. The maximum absolute atomic E-state index is 13.7. The second-order valence-corrected chi connectivity index (χ2v) is 3.98. The van der Waals surface area contributed by atoms with Gasteiger partial charge in [-0.2, -0.15) is 4.39 Å². The van der Waals surface area contributed by atoms with E-state index in [-0.39, 0.29) is 6.54 Å². The largest absolute Gasteiger partial charge is 0.336 e. The van der Waals surface area contributed by atoms with Crippen molar-refractivity contribution in [2.24, 2.45) is 0 Å². The molecule has 1 heterocycles. The van der Waals surface area contributed by atoms with Gasteiger partial charge in [-0.15, -0.1) is 0 Å². The molecule has 1 N–H and O–H groups in total. The van der Waals surface area contributed by atoms with Gasteiger partial charge in [0.25, 0.3) is 0 Å². The highest BCUT2D eigenvalue weighted by molar-refractivity contribution is 5.36. The first-order chi connectivity index (χ1) is 9.18. The van der Waals surface area contributed by atoms with Crippen LogP contribution in [0.25, 0.3) is 0 Å². The van der Waals surface area contributed by atoms with E-state index in [2.05, 4.69) is 10.3 Å². The molecule has 6 nitrogen and oxygen atoms in total. The van der Waals surface area contributed by atoms with Crippen LogP contribution in [0, 0.1) is 15.9 Å². The van der Waals surface area contributed by atoms with E-state index in [1.165, 1.54) is 12.1 Å². The van der Waals surface area contributed by atoms with E-state index < -0.39 is 16.4 Å². The van der Waals surface area contributed by atoms with E-state index in [4.69, 9.17) is 0 Å². The number of hydrogen-bond donors (Lipinski definition) is 1. The highest BCUT2D eigenvalue weighted by Gasteiger charge is 2.16. The van der Waals surface area contributed by atoms with Crippen molar-refractivity contribution in [1.82, 2.24) is 14.9 Å². The Hall–Kier alpha value is -2.28. The highest BCUT2D eigenvalue weighted by atomic mass is 19.1. The summed E-state index contributed by atoms with van der Waals surface area (Å²) >= 11 is 0. The molecule has 0 aliphatic rings. The summed E-state index contributed by atoms with van der Waals surface area (Å²) in [6.07, 6.45) is 5.20. The van der Waals surface area contributed by atoms with Crippen LogP contribution in [0.15, 0.2) is 36.9 Å². The first-order valence-corrected chi connectivity index (χ1v) is 5.76. The van der Waals surface area contributed by atoms with Crippen molar-refractivity contribution in [1.29, 1.82) is 0 Å². The molecule has 7 heteroatoms. The number of nitrogens with zero attached hydrogens (tertiary/aromatic N) is 3. The summed E-state index contributed by atoms with van der Waals surface area (Å²) in [5.74, 6) is -0.775. The molecule has 2 aromatic rings. The lowest BCUT2D eigenvalue weighted by Gasteiger charge is -2.06. The van der Waals surface area contributed by atoms with Crippen LogP contribution in [0.3, 0.4) is 0 Å². The predicted molar refractivity (Wildman–Crippen MR) is 67.0 cm³/mol. The summed E-state index contributed by atoms with van der Waals surface area (Å²) in [5.41, 5.74) is -0.200. The standard InChI is InChI=1S/C12H13FN4O2/c13-12-10(2-1-3-11(12)17(18)19)8-14-4-6-16-7-5-15-9-16/h1-3,5,7,9,14H,4,6,8H2. The van der Waals surface area contributed by atoms with Gasteiger partial charge in [0.05, 0.1) is 11.3 Å². The van der Waals surface area contributed by atoms with Crippen molar-refractivity contribution >= 4 is 5.69 Å². The number of rotatable bonds is 6. The van der Waals surface area contributed by atoms with Gasteiger partial charge in [-0.05, 0) is 0 Å². The van der Waals surface area contributed by atoms with Crippen molar-refractivity contribution in [3.63, 3.8) is 0 Å². The number of halogens is 1. The number of aromatic nitrogens is 2. The lowest BCUT2D eigenvalue weighted by atomic mass is 10.2.